The van der Waals surface area contributed by atoms with Crippen LogP contribution in [0.2, 0.25) is 5.02 Å². The molecule has 1 aromatic heterocycles. The van der Waals surface area contributed by atoms with Crippen LogP contribution in [0, 0.1) is 0 Å². The Balaban J connectivity index is 1.85. The van der Waals surface area contributed by atoms with E-state index >= 15 is 0 Å². The molecule has 1 aliphatic rings. The molecule has 1 aliphatic carbocycles. The van der Waals surface area contributed by atoms with Gasteiger partial charge >= 0.3 is 0 Å². The Bertz CT molecular complexity index is 567. The van der Waals surface area contributed by atoms with E-state index in [1.54, 1.807) is 0 Å². The van der Waals surface area contributed by atoms with Crippen LogP contribution in [0.5, 0.6) is 0 Å². The van der Waals surface area contributed by atoms with Crippen LogP contribution in [0.3, 0.4) is 0 Å². The summed E-state index contributed by atoms with van der Waals surface area (Å²) in [7, 11) is 0. The molecule has 0 radical (unpaired) electrons. The van der Waals surface area contributed by atoms with E-state index in [0.717, 1.165) is 18.1 Å². The maximum absolute atomic E-state index is 6.11. The molecule has 0 bridgehead atoms. The SMILES string of the molecule is CCn1cc(CNC2CCCC2)c2ccc(Cl)cc21. The summed E-state index contributed by atoms with van der Waals surface area (Å²) in [4.78, 5) is 0. The monoisotopic (exact) mass is 276 g/mol. The minimum Gasteiger partial charge on any atom is -0.347 e. The van der Waals surface area contributed by atoms with Crippen molar-refractivity contribution in [1.29, 1.82) is 0 Å². The van der Waals surface area contributed by atoms with Crippen LogP contribution in [0.15, 0.2) is 24.4 Å². The van der Waals surface area contributed by atoms with E-state index in [2.05, 4.69) is 35.1 Å². The minimum absolute atomic E-state index is 0.715. The maximum atomic E-state index is 6.11. The van der Waals surface area contributed by atoms with Crippen LogP contribution in [0.1, 0.15) is 38.2 Å². The van der Waals surface area contributed by atoms with E-state index in [4.69, 9.17) is 11.6 Å². The van der Waals surface area contributed by atoms with Crippen LogP contribution in [0.25, 0.3) is 10.9 Å². The number of fused-ring (bicyclic) bond motifs is 1. The van der Waals surface area contributed by atoms with E-state index in [0.29, 0.717) is 6.04 Å². The van der Waals surface area contributed by atoms with Crippen molar-refractivity contribution >= 4 is 22.5 Å². The molecule has 3 rings (SSSR count). The standard InChI is InChI=1S/C16H21ClN2/c1-2-19-11-12(10-18-14-5-3-4-6-14)15-8-7-13(17)9-16(15)19/h7-9,11,14,18H,2-6,10H2,1H3. The number of aryl methyl sites for hydroxylation is 1. The zero-order chi connectivity index (χ0) is 13.2. The molecule has 19 heavy (non-hydrogen) atoms. The molecule has 0 unspecified atom stereocenters. The summed E-state index contributed by atoms with van der Waals surface area (Å²) in [5.74, 6) is 0. The first-order chi connectivity index (χ1) is 9.28. The smallest absolute Gasteiger partial charge is 0.0498 e. The van der Waals surface area contributed by atoms with Gasteiger partial charge in [0.05, 0.1) is 0 Å². The Morgan fingerprint density at radius 2 is 2.11 bits per heavy atom. The van der Waals surface area contributed by atoms with Gasteiger partial charge in [0.25, 0.3) is 0 Å². The topological polar surface area (TPSA) is 17.0 Å². The van der Waals surface area contributed by atoms with Gasteiger partial charge in [0.1, 0.15) is 0 Å². The number of nitrogens with zero attached hydrogens (tertiary/aromatic N) is 1. The maximum Gasteiger partial charge on any atom is 0.0498 e. The van der Waals surface area contributed by atoms with Gasteiger partial charge in [0, 0.05) is 41.3 Å². The van der Waals surface area contributed by atoms with Crippen molar-refractivity contribution in [2.45, 2.75) is 51.7 Å². The summed E-state index contributed by atoms with van der Waals surface area (Å²) in [6.07, 6.45) is 7.69. The fraction of sp³-hybridized carbons (Fsp3) is 0.500. The molecule has 0 amide bonds. The van der Waals surface area contributed by atoms with Crippen LogP contribution >= 0.6 is 11.6 Å². The summed E-state index contributed by atoms with van der Waals surface area (Å²) < 4.78 is 2.28. The van der Waals surface area contributed by atoms with Gasteiger partial charge in [-0.15, -0.1) is 0 Å². The lowest BCUT2D eigenvalue weighted by molar-refractivity contribution is 0.525. The molecule has 0 atom stereocenters. The Hall–Kier alpha value is -0.990. The average molecular weight is 277 g/mol. The highest BCUT2D eigenvalue weighted by molar-refractivity contribution is 6.31. The minimum atomic E-state index is 0.715. The second-order valence-electron chi connectivity index (χ2n) is 5.46. The quantitative estimate of drug-likeness (QED) is 0.879. The molecule has 102 valence electrons. The number of benzene rings is 1. The van der Waals surface area contributed by atoms with E-state index in [1.165, 1.54) is 42.1 Å². The molecule has 2 nitrogen and oxygen atoms in total. The molecular weight excluding hydrogens is 256 g/mol. The third-order valence-corrected chi connectivity index (χ3v) is 4.44. The highest BCUT2D eigenvalue weighted by atomic mass is 35.5. The van der Waals surface area contributed by atoms with Gasteiger partial charge in [-0.1, -0.05) is 30.5 Å². The largest absolute Gasteiger partial charge is 0.347 e. The Labute approximate surface area is 119 Å². The molecule has 1 N–H and O–H groups in total. The number of rotatable bonds is 4. The van der Waals surface area contributed by atoms with E-state index in [-0.39, 0.29) is 0 Å². The van der Waals surface area contributed by atoms with Gasteiger partial charge in [0.15, 0.2) is 0 Å². The second kappa shape index (κ2) is 5.56. The lowest BCUT2D eigenvalue weighted by Crippen LogP contribution is -2.25. The van der Waals surface area contributed by atoms with Crippen molar-refractivity contribution in [1.82, 2.24) is 9.88 Å². The molecule has 2 aromatic rings. The number of aromatic nitrogens is 1. The first kappa shape index (κ1) is 13.0. The van der Waals surface area contributed by atoms with Crippen molar-refractivity contribution in [3.05, 3.63) is 35.0 Å². The highest BCUT2D eigenvalue weighted by Gasteiger charge is 2.15. The second-order valence-corrected chi connectivity index (χ2v) is 5.90. The third-order valence-electron chi connectivity index (χ3n) is 4.20. The van der Waals surface area contributed by atoms with E-state index < -0.39 is 0 Å². The lowest BCUT2D eigenvalue weighted by atomic mass is 10.1. The molecule has 0 aliphatic heterocycles. The van der Waals surface area contributed by atoms with E-state index in [9.17, 15) is 0 Å². The first-order valence-electron chi connectivity index (χ1n) is 7.28. The molecule has 1 saturated carbocycles. The van der Waals surface area contributed by atoms with Gasteiger partial charge in [0.2, 0.25) is 0 Å². The van der Waals surface area contributed by atoms with Gasteiger partial charge in [-0.05, 0) is 37.5 Å². The Morgan fingerprint density at radius 1 is 1.32 bits per heavy atom. The molecule has 0 saturated heterocycles. The summed E-state index contributed by atoms with van der Waals surface area (Å²) in [5.41, 5.74) is 2.64. The average Bonchev–Trinajstić information content (AvgIpc) is 3.03. The molecule has 3 heteroatoms. The van der Waals surface area contributed by atoms with Gasteiger partial charge in [-0.25, -0.2) is 0 Å². The van der Waals surface area contributed by atoms with E-state index in [1.807, 2.05) is 6.07 Å². The van der Waals surface area contributed by atoms with Crippen LogP contribution < -0.4 is 5.32 Å². The molecule has 1 aromatic carbocycles. The van der Waals surface area contributed by atoms with Crippen molar-refractivity contribution in [3.63, 3.8) is 0 Å². The van der Waals surface area contributed by atoms with Crippen LogP contribution in [-0.2, 0) is 13.1 Å². The fourth-order valence-electron chi connectivity index (χ4n) is 3.13. The lowest BCUT2D eigenvalue weighted by Gasteiger charge is -2.10. The van der Waals surface area contributed by atoms with Gasteiger partial charge in [-0.3, -0.25) is 0 Å². The summed E-state index contributed by atoms with van der Waals surface area (Å²) >= 11 is 6.11. The number of halogens is 1. The zero-order valence-corrected chi connectivity index (χ0v) is 12.2. The fourth-order valence-corrected chi connectivity index (χ4v) is 3.29. The zero-order valence-electron chi connectivity index (χ0n) is 11.5. The third kappa shape index (κ3) is 2.65. The molecular formula is C16H21ClN2. The summed E-state index contributed by atoms with van der Waals surface area (Å²) in [6.45, 7) is 4.13. The van der Waals surface area contributed by atoms with Crippen molar-refractivity contribution in [2.24, 2.45) is 0 Å². The summed E-state index contributed by atoms with van der Waals surface area (Å²) in [6, 6.07) is 6.92. The van der Waals surface area contributed by atoms with Crippen LogP contribution in [-0.4, -0.2) is 10.6 Å². The Morgan fingerprint density at radius 3 is 2.84 bits per heavy atom. The summed E-state index contributed by atoms with van der Waals surface area (Å²) in [5, 5.41) is 5.84. The van der Waals surface area contributed by atoms with Crippen molar-refractivity contribution in [2.75, 3.05) is 0 Å². The Kier molecular flexibility index (Phi) is 3.81. The van der Waals surface area contributed by atoms with Crippen molar-refractivity contribution in [3.8, 4) is 0 Å². The number of hydrogen-bond donors (Lipinski definition) is 1. The predicted octanol–water partition coefficient (Wildman–Crippen LogP) is 4.35. The van der Waals surface area contributed by atoms with Gasteiger partial charge in [-0.2, -0.15) is 0 Å². The van der Waals surface area contributed by atoms with Crippen LogP contribution in [0.4, 0.5) is 0 Å². The first-order valence-corrected chi connectivity index (χ1v) is 7.66. The molecule has 1 heterocycles. The predicted molar refractivity (Wildman–Crippen MR) is 81.7 cm³/mol. The number of nitrogens with one attached hydrogen (secondary N) is 1. The van der Waals surface area contributed by atoms with Crippen molar-refractivity contribution < 1.29 is 0 Å². The molecule has 0 spiro atoms. The normalized spacial score (nSPS) is 16.5. The highest BCUT2D eigenvalue weighted by Crippen LogP contribution is 2.25. The molecule has 1 fully saturated rings. The van der Waals surface area contributed by atoms with Gasteiger partial charge < -0.3 is 9.88 Å². The number of hydrogen-bond acceptors (Lipinski definition) is 1.